The van der Waals surface area contributed by atoms with Gasteiger partial charge in [0.2, 0.25) is 5.91 Å². The number of rotatable bonds is 3. The van der Waals surface area contributed by atoms with Crippen molar-refractivity contribution < 1.29 is 4.79 Å². The van der Waals surface area contributed by atoms with Gasteiger partial charge < -0.3 is 5.73 Å². The highest BCUT2D eigenvalue weighted by Gasteiger charge is 2.22. The largest absolute Gasteiger partial charge is 0.369 e. The number of benzene rings is 2. The van der Waals surface area contributed by atoms with Crippen LogP contribution < -0.4 is 5.73 Å². The predicted molar refractivity (Wildman–Crippen MR) is 79.2 cm³/mol. The molecule has 0 saturated carbocycles. The Morgan fingerprint density at radius 3 is 2.40 bits per heavy atom. The van der Waals surface area contributed by atoms with Gasteiger partial charge in [-0.3, -0.25) is 9.78 Å². The summed E-state index contributed by atoms with van der Waals surface area (Å²) in [4.78, 5) is 16.3. The van der Waals surface area contributed by atoms with Crippen LogP contribution in [0.15, 0.2) is 66.9 Å². The second kappa shape index (κ2) is 5.13. The van der Waals surface area contributed by atoms with E-state index in [1.807, 2.05) is 60.7 Å². The lowest BCUT2D eigenvalue weighted by molar-refractivity contribution is -0.118. The maximum Gasteiger partial charge on any atom is 0.229 e. The molecular weight excluding hydrogens is 248 g/mol. The van der Waals surface area contributed by atoms with Crippen LogP contribution in [-0.2, 0) is 4.79 Å². The topological polar surface area (TPSA) is 56.0 Å². The van der Waals surface area contributed by atoms with Gasteiger partial charge in [-0.05, 0) is 23.3 Å². The number of pyridine rings is 1. The fourth-order valence-corrected chi connectivity index (χ4v) is 2.51. The van der Waals surface area contributed by atoms with Gasteiger partial charge in [-0.1, -0.05) is 48.5 Å². The van der Waals surface area contributed by atoms with Crippen LogP contribution >= 0.6 is 0 Å². The summed E-state index contributed by atoms with van der Waals surface area (Å²) in [7, 11) is 0. The average molecular weight is 262 g/mol. The minimum Gasteiger partial charge on any atom is -0.369 e. The van der Waals surface area contributed by atoms with E-state index in [9.17, 15) is 4.79 Å². The molecule has 0 saturated heterocycles. The first-order valence-corrected chi connectivity index (χ1v) is 6.45. The van der Waals surface area contributed by atoms with Crippen LogP contribution in [0, 0.1) is 0 Å². The van der Waals surface area contributed by atoms with Crippen LogP contribution in [0.1, 0.15) is 17.0 Å². The van der Waals surface area contributed by atoms with Crippen molar-refractivity contribution in [2.45, 2.75) is 5.92 Å². The van der Waals surface area contributed by atoms with Gasteiger partial charge in [0.1, 0.15) is 0 Å². The number of primary amides is 1. The molecule has 3 heteroatoms. The van der Waals surface area contributed by atoms with Crippen molar-refractivity contribution in [2.24, 2.45) is 5.73 Å². The van der Waals surface area contributed by atoms with E-state index in [-0.39, 0.29) is 5.91 Å². The summed E-state index contributed by atoms with van der Waals surface area (Å²) in [5.74, 6) is -0.809. The molecule has 3 aromatic rings. The minimum atomic E-state index is -0.455. The van der Waals surface area contributed by atoms with Crippen molar-refractivity contribution in [3.8, 4) is 0 Å². The predicted octanol–water partition coefficient (Wildman–Crippen LogP) is 2.85. The smallest absolute Gasteiger partial charge is 0.229 e. The lowest BCUT2D eigenvalue weighted by Gasteiger charge is -2.16. The molecule has 1 heterocycles. The van der Waals surface area contributed by atoms with E-state index < -0.39 is 5.92 Å². The summed E-state index contributed by atoms with van der Waals surface area (Å²) in [5, 5.41) is 0.961. The van der Waals surface area contributed by atoms with Crippen molar-refractivity contribution >= 4 is 16.8 Å². The number of carbonyl (C=O) groups is 1. The number of fused-ring (bicyclic) bond motifs is 1. The van der Waals surface area contributed by atoms with Crippen LogP contribution in [0.5, 0.6) is 0 Å². The normalized spacial score (nSPS) is 12.2. The monoisotopic (exact) mass is 262 g/mol. The van der Waals surface area contributed by atoms with Crippen LogP contribution in [-0.4, -0.2) is 10.9 Å². The molecule has 98 valence electrons. The molecule has 2 N–H and O–H groups in total. The van der Waals surface area contributed by atoms with Gasteiger partial charge in [0.25, 0.3) is 0 Å². The van der Waals surface area contributed by atoms with E-state index in [4.69, 9.17) is 5.73 Å². The third-order valence-electron chi connectivity index (χ3n) is 3.41. The fraction of sp³-hybridized carbons (Fsp3) is 0.0588. The van der Waals surface area contributed by atoms with E-state index in [1.165, 1.54) is 0 Å². The molecule has 0 unspecified atom stereocenters. The highest BCUT2D eigenvalue weighted by molar-refractivity contribution is 5.92. The van der Waals surface area contributed by atoms with E-state index in [0.717, 1.165) is 22.0 Å². The maximum absolute atomic E-state index is 11.9. The third-order valence-corrected chi connectivity index (χ3v) is 3.41. The molecule has 1 aromatic heterocycles. The summed E-state index contributed by atoms with van der Waals surface area (Å²) < 4.78 is 0. The molecule has 1 amide bonds. The van der Waals surface area contributed by atoms with Gasteiger partial charge >= 0.3 is 0 Å². The molecule has 1 atom stereocenters. The van der Waals surface area contributed by atoms with E-state index >= 15 is 0 Å². The average Bonchev–Trinajstić information content (AvgIpc) is 2.48. The van der Waals surface area contributed by atoms with Crippen molar-refractivity contribution in [2.75, 3.05) is 0 Å². The number of aromatic nitrogens is 1. The van der Waals surface area contributed by atoms with Gasteiger partial charge in [0.05, 0.1) is 11.4 Å². The second-order valence-corrected chi connectivity index (χ2v) is 4.66. The molecule has 0 radical (unpaired) electrons. The Hall–Kier alpha value is -2.68. The van der Waals surface area contributed by atoms with Crippen LogP contribution in [0.2, 0.25) is 0 Å². The number of carbonyl (C=O) groups excluding carboxylic acids is 1. The zero-order valence-corrected chi connectivity index (χ0v) is 10.9. The summed E-state index contributed by atoms with van der Waals surface area (Å²) in [6.07, 6.45) is 1.72. The Morgan fingerprint density at radius 1 is 0.950 bits per heavy atom. The Morgan fingerprint density at radius 2 is 1.65 bits per heavy atom. The standard InChI is InChI=1S/C17H14N2O/c18-17(20)16(12-6-2-1-3-7-12)14-10-11-19-15-9-5-4-8-13(14)15/h1-11,16H,(H2,18,20)/t16-/m1/s1. The molecule has 0 fully saturated rings. The summed E-state index contributed by atoms with van der Waals surface area (Å²) in [5.41, 5.74) is 8.30. The molecule has 0 aliphatic carbocycles. The Labute approximate surface area is 117 Å². The van der Waals surface area contributed by atoms with Gasteiger partial charge in [0, 0.05) is 11.6 Å². The van der Waals surface area contributed by atoms with Crippen molar-refractivity contribution in [1.82, 2.24) is 4.98 Å². The highest BCUT2D eigenvalue weighted by atomic mass is 16.1. The molecule has 2 aromatic carbocycles. The second-order valence-electron chi connectivity index (χ2n) is 4.66. The first-order valence-electron chi connectivity index (χ1n) is 6.45. The first-order chi connectivity index (χ1) is 9.77. The van der Waals surface area contributed by atoms with Crippen molar-refractivity contribution in [1.29, 1.82) is 0 Å². The molecule has 0 aliphatic rings. The van der Waals surface area contributed by atoms with E-state index in [2.05, 4.69) is 4.98 Å². The fourth-order valence-electron chi connectivity index (χ4n) is 2.51. The van der Waals surface area contributed by atoms with Gasteiger partial charge in [-0.2, -0.15) is 0 Å². The minimum absolute atomic E-state index is 0.354. The quantitative estimate of drug-likeness (QED) is 0.789. The summed E-state index contributed by atoms with van der Waals surface area (Å²) in [6.45, 7) is 0. The van der Waals surface area contributed by atoms with E-state index in [0.29, 0.717) is 0 Å². The number of nitrogens with zero attached hydrogens (tertiary/aromatic N) is 1. The third kappa shape index (κ3) is 2.14. The highest BCUT2D eigenvalue weighted by Crippen LogP contribution is 2.29. The van der Waals surface area contributed by atoms with Crippen molar-refractivity contribution in [3.05, 3.63) is 78.0 Å². The molecule has 20 heavy (non-hydrogen) atoms. The Bertz CT molecular complexity index is 748. The maximum atomic E-state index is 11.9. The molecule has 3 nitrogen and oxygen atoms in total. The lowest BCUT2D eigenvalue weighted by atomic mass is 9.89. The zero-order chi connectivity index (χ0) is 13.9. The number of hydrogen-bond donors (Lipinski definition) is 1. The summed E-state index contributed by atoms with van der Waals surface area (Å²) in [6, 6.07) is 19.2. The molecule has 0 spiro atoms. The molecule has 0 aliphatic heterocycles. The lowest BCUT2D eigenvalue weighted by Crippen LogP contribution is -2.22. The number of nitrogens with two attached hydrogens (primary N) is 1. The Balaban J connectivity index is 2.23. The van der Waals surface area contributed by atoms with Crippen molar-refractivity contribution in [3.63, 3.8) is 0 Å². The SMILES string of the molecule is NC(=O)[C@H](c1ccccc1)c1ccnc2ccccc12. The van der Waals surface area contributed by atoms with Crippen LogP contribution in [0.25, 0.3) is 10.9 Å². The number of amides is 1. The van der Waals surface area contributed by atoms with Crippen LogP contribution in [0.4, 0.5) is 0 Å². The van der Waals surface area contributed by atoms with Gasteiger partial charge in [-0.15, -0.1) is 0 Å². The number of hydrogen-bond acceptors (Lipinski definition) is 2. The zero-order valence-electron chi connectivity index (χ0n) is 10.9. The van der Waals surface area contributed by atoms with E-state index in [1.54, 1.807) is 6.20 Å². The molecule has 3 rings (SSSR count). The van der Waals surface area contributed by atoms with Gasteiger partial charge in [0.15, 0.2) is 0 Å². The molecule has 0 bridgehead atoms. The number of para-hydroxylation sites is 1. The molecular formula is C17H14N2O. The van der Waals surface area contributed by atoms with Gasteiger partial charge in [-0.25, -0.2) is 0 Å². The Kier molecular flexibility index (Phi) is 3.17. The summed E-state index contributed by atoms with van der Waals surface area (Å²) >= 11 is 0. The van der Waals surface area contributed by atoms with Crippen LogP contribution in [0.3, 0.4) is 0 Å². The first kappa shape index (κ1) is 12.4.